The highest BCUT2D eigenvalue weighted by molar-refractivity contribution is 7.81. The number of hydrogen-bond acceptors (Lipinski definition) is 5. The van der Waals surface area contributed by atoms with E-state index >= 15 is 0 Å². The van der Waals surface area contributed by atoms with Gasteiger partial charge in [-0.2, -0.15) is 12.6 Å². The number of hydrogen-bond donors (Lipinski definition) is 4. The van der Waals surface area contributed by atoms with Crippen LogP contribution in [0.2, 0.25) is 0 Å². The van der Waals surface area contributed by atoms with Gasteiger partial charge in [0.25, 0.3) is 0 Å². The number of aliphatic hydroxyl groups excluding tert-OH is 3. The molecule has 3 N–H and O–H groups in total. The standard InChI is InChI=1S/C6H12O4S/c1-2-3(7)5(11)4(8)6(9)10-2/h2-9,11H,1H3/t2-,3+,4-,5+,6?/m1/s1. The Morgan fingerprint density at radius 1 is 1.18 bits per heavy atom. The van der Waals surface area contributed by atoms with Gasteiger partial charge in [-0.3, -0.25) is 0 Å². The Hall–Kier alpha value is 0.190. The lowest BCUT2D eigenvalue weighted by Gasteiger charge is -2.37. The second-order valence-corrected chi connectivity index (χ2v) is 3.30. The lowest BCUT2D eigenvalue weighted by molar-refractivity contribution is -0.236. The van der Waals surface area contributed by atoms with Gasteiger partial charge in [-0.1, -0.05) is 0 Å². The number of rotatable bonds is 0. The summed E-state index contributed by atoms with van der Waals surface area (Å²) in [5.41, 5.74) is 0. The summed E-state index contributed by atoms with van der Waals surface area (Å²) in [6.45, 7) is 1.61. The summed E-state index contributed by atoms with van der Waals surface area (Å²) in [5, 5.41) is 26.7. The maximum atomic E-state index is 9.26. The Morgan fingerprint density at radius 2 is 1.73 bits per heavy atom. The first-order valence-electron chi connectivity index (χ1n) is 3.41. The molecule has 0 spiro atoms. The average molecular weight is 180 g/mol. The van der Waals surface area contributed by atoms with E-state index in [9.17, 15) is 5.11 Å². The molecule has 0 aromatic rings. The topological polar surface area (TPSA) is 69.9 Å². The van der Waals surface area contributed by atoms with Crippen LogP contribution >= 0.6 is 12.6 Å². The molecule has 5 heteroatoms. The molecular weight excluding hydrogens is 168 g/mol. The zero-order chi connectivity index (χ0) is 8.59. The van der Waals surface area contributed by atoms with Crippen LogP contribution in [-0.4, -0.2) is 45.2 Å². The minimum Gasteiger partial charge on any atom is -0.389 e. The summed E-state index contributed by atoms with van der Waals surface area (Å²) >= 11 is 3.93. The van der Waals surface area contributed by atoms with Gasteiger partial charge in [0.05, 0.1) is 17.5 Å². The van der Waals surface area contributed by atoms with Gasteiger partial charge in [0.1, 0.15) is 6.10 Å². The Balaban J connectivity index is 2.63. The van der Waals surface area contributed by atoms with Gasteiger partial charge < -0.3 is 20.1 Å². The van der Waals surface area contributed by atoms with E-state index in [1.54, 1.807) is 6.92 Å². The van der Waals surface area contributed by atoms with E-state index in [1.165, 1.54) is 0 Å². The number of aliphatic hydroxyl groups is 3. The molecule has 1 unspecified atom stereocenters. The fourth-order valence-corrected chi connectivity index (χ4v) is 1.42. The van der Waals surface area contributed by atoms with Crippen LogP contribution in [0.4, 0.5) is 0 Å². The van der Waals surface area contributed by atoms with Crippen molar-refractivity contribution in [1.29, 1.82) is 0 Å². The molecule has 1 saturated heterocycles. The van der Waals surface area contributed by atoms with Crippen molar-refractivity contribution in [3.63, 3.8) is 0 Å². The molecule has 0 aromatic carbocycles. The molecule has 0 saturated carbocycles. The first-order chi connectivity index (χ1) is 5.04. The lowest BCUT2D eigenvalue weighted by atomic mass is 10.0. The molecule has 66 valence electrons. The molecule has 11 heavy (non-hydrogen) atoms. The van der Waals surface area contributed by atoms with E-state index in [-0.39, 0.29) is 0 Å². The van der Waals surface area contributed by atoms with Crippen molar-refractivity contribution in [1.82, 2.24) is 0 Å². The maximum absolute atomic E-state index is 9.26. The van der Waals surface area contributed by atoms with Gasteiger partial charge >= 0.3 is 0 Å². The minimum absolute atomic E-state index is 0.490. The highest BCUT2D eigenvalue weighted by Gasteiger charge is 2.39. The zero-order valence-electron chi connectivity index (χ0n) is 6.08. The van der Waals surface area contributed by atoms with Gasteiger partial charge in [0, 0.05) is 0 Å². The molecule has 0 bridgehead atoms. The quantitative estimate of drug-likeness (QED) is 0.351. The molecule has 0 radical (unpaired) electrons. The van der Waals surface area contributed by atoms with Crippen molar-refractivity contribution in [2.45, 2.75) is 36.8 Å². The molecule has 1 rings (SSSR count). The molecule has 0 aliphatic carbocycles. The fraction of sp³-hybridized carbons (Fsp3) is 1.00. The molecule has 1 heterocycles. The van der Waals surface area contributed by atoms with E-state index < -0.39 is 29.9 Å². The second kappa shape index (κ2) is 3.28. The van der Waals surface area contributed by atoms with Crippen LogP contribution in [-0.2, 0) is 4.74 Å². The molecule has 0 aromatic heterocycles. The highest BCUT2D eigenvalue weighted by Crippen LogP contribution is 2.22. The Kier molecular flexibility index (Phi) is 2.77. The molecular formula is C6H12O4S. The normalized spacial score (nSPS) is 52.6. The van der Waals surface area contributed by atoms with Gasteiger partial charge in [-0.15, -0.1) is 0 Å². The number of thiol groups is 1. The van der Waals surface area contributed by atoms with Crippen LogP contribution in [0.15, 0.2) is 0 Å². The third-order valence-corrected chi connectivity index (χ3v) is 2.44. The zero-order valence-corrected chi connectivity index (χ0v) is 6.98. The van der Waals surface area contributed by atoms with E-state index in [2.05, 4.69) is 12.6 Å². The van der Waals surface area contributed by atoms with E-state index in [0.717, 1.165) is 0 Å². The highest BCUT2D eigenvalue weighted by atomic mass is 32.1. The Morgan fingerprint density at radius 3 is 2.27 bits per heavy atom. The van der Waals surface area contributed by atoms with Gasteiger partial charge in [0.15, 0.2) is 6.29 Å². The van der Waals surface area contributed by atoms with Gasteiger partial charge in [-0.05, 0) is 6.92 Å². The lowest BCUT2D eigenvalue weighted by Crippen LogP contribution is -2.54. The van der Waals surface area contributed by atoms with Crippen molar-refractivity contribution in [2.75, 3.05) is 0 Å². The van der Waals surface area contributed by atoms with Crippen LogP contribution in [0.3, 0.4) is 0 Å². The molecule has 5 atom stereocenters. The van der Waals surface area contributed by atoms with Crippen molar-refractivity contribution in [2.24, 2.45) is 0 Å². The summed E-state index contributed by atoms with van der Waals surface area (Å²) in [5.74, 6) is 0. The first kappa shape index (κ1) is 9.28. The molecule has 1 fully saturated rings. The summed E-state index contributed by atoms with van der Waals surface area (Å²) in [6.07, 6.45) is -3.69. The van der Waals surface area contributed by atoms with Crippen molar-refractivity contribution in [3.05, 3.63) is 0 Å². The van der Waals surface area contributed by atoms with Crippen molar-refractivity contribution < 1.29 is 20.1 Å². The summed E-state index contributed by atoms with van der Waals surface area (Å²) in [4.78, 5) is 0. The molecule has 0 amide bonds. The predicted molar refractivity (Wildman–Crippen MR) is 41.3 cm³/mol. The van der Waals surface area contributed by atoms with Crippen LogP contribution < -0.4 is 0 Å². The van der Waals surface area contributed by atoms with E-state index in [4.69, 9.17) is 14.9 Å². The summed E-state index contributed by atoms with van der Waals surface area (Å²) < 4.78 is 4.79. The van der Waals surface area contributed by atoms with Crippen LogP contribution in [0.5, 0.6) is 0 Å². The smallest absolute Gasteiger partial charge is 0.182 e. The SMILES string of the molecule is C[C@H]1OC(O)[C@H](O)[C@@H](S)[C@H]1O. The van der Waals surface area contributed by atoms with Gasteiger partial charge in [0.2, 0.25) is 0 Å². The minimum atomic E-state index is -1.24. The summed E-state index contributed by atoms with van der Waals surface area (Å²) in [7, 11) is 0. The maximum Gasteiger partial charge on any atom is 0.182 e. The first-order valence-corrected chi connectivity index (χ1v) is 3.93. The molecule has 1 aliphatic rings. The van der Waals surface area contributed by atoms with E-state index in [1.807, 2.05) is 0 Å². The Bertz CT molecular complexity index is 129. The predicted octanol–water partition coefficient (Wildman–Crippen LogP) is -1.26. The van der Waals surface area contributed by atoms with Crippen molar-refractivity contribution >= 4 is 12.6 Å². The van der Waals surface area contributed by atoms with Gasteiger partial charge in [-0.25, -0.2) is 0 Å². The monoisotopic (exact) mass is 180 g/mol. The Labute approximate surface area is 70.2 Å². The third kappa shape index (κ3) is 1.68. The van der Waals surface area contributed by atoms with E-state index in [0.29, 0.717) is 0 Å². The second-order valence-electron chi connectivity index (χ2n) is 2.70. The van der Waals surface area contributed by atoms with Crippen molar-refractivity contribution in [3.8, 4) is 0 Å². The molecule has 4 nitrogen and oxygen atoms in total. The number of ether oxygens (including phenoxy) is 1. The van der Waals surface area contributed by atoms with Crippen LogP contribution in [0.25, 0.3) is 0 Å². The average Bonchev–Trinajstić information content (AvgIpc) is 1.97. The third-order valence-electron chi connectivity index (χ3n) is 1.83. The fourth-order valence-electron chi connectivity index (χ4n) is 1.03. The molecule has 1 aliphatic heterocycles. The summed E-state index contributed by atoms with van der Waals surface area (Å²) in [6, 6.07) is 0. The van der Waals surface area contributed by atoms with Crippen LogP contribution in [0, 0.1) is 0 Å². The largest absolute Gasteiger partial charge is 0.389 e. The van der Waals surface area contributed by atoms with Crippen LogP contribution in [0.1, 0.15) is 6.92 Å².